The van der Waals surface area contributed by atoms with Gasteiger partial charge in [0.1, 0.15) is 0 Å². The average Bonchev–Trinajstić information content (AvgIpc) is 3.11. The normalized spacial score (nSPS) is 29.8. The van der Waals surface area contributed by atoms with Crippen LogP contribution in [-0.4, -0.2) is 60.7 Å². The van der Waals surface area contributed by atoms with Crippen LogP contribution in [0.25, 0.3) is 0 Å². The molecule has 4 nitrogen and oxygen atoms in total. The minimum atomic E-state index is -0.296. The number of nitrogens with zero attached hydrogens (tertiary/aromatic N) is 1. The molecular formula is C15H28N2O2S. The van der Waals surface area contributed by atoms with Gasteiger partial charge in [-0.15, -0.1) is 0 Å². The summed E-state index contributed by atoms with van der Waals surface area (Å²) in [5.41, 5.74) is -0.296. The molecule has 1 amide bonds. The van der Waals surface area contributed by atoms with E-state index in [1.165, 1.54) is 5.75 Å². The minimum Gasteiger partial charge on any atom is -0.383 e. The number of hydrogen-bond acceptors (Lipinski definition) is 4. The van der Waals surface area contributed by atoms with Crippen molar-refractivity contribution in [1.29, 1.82) is 0 Å². The Morgan fingerprint density at radius 2 is 2.40 bits per heavy atom. The van der Waals surface area contributed by atoms with Crippen LogP contribution in [0.4, 0.5) is 0 Å². The van der Waals surface area contributed by atoms with Crippen molar-refractivity contribution in [3.05, 3.63) is 0 Å². The monoisotopic (exact) mass is 300 g/mol. The lowest BCUT2D eigenvalue weighted by atomic mass is 9.89. The fourth-order valence-corrected chi connectivity index (χ4v) is 4.64. The van der Waals surface area contributed by atoms with Gasteiger partial charge >= 0.3 is 0 Å². The molecule has 116 valence electrons. The zero-order valence-electron chi connectivity index (χ0n) is 12.8. The second kappa shape index (κ2) is 7.66. The summed E-state index contributed by atoms with van der Waals surface area (Å²) in [7, 11) is 1.71. The lowest BCUT2D eigenvalue weighted by Crippen LogP contribution is -2.58. The summed E-state index contributed by atoms with van der Waals surface area (Å²) >= 11 is 1.96. The molecule has 2 heterocycles. The predicted molar refractivity (Wildman–Crippen MR) is 84.2 cm³/mol. The highest BCUT2D eigenvalue weighted by atomic mass is 32.2. The molecule has 2 aliphatic rings. The number of methoxy groups -OCH3 is 1. The van der Waals surface area contributed by atoms with E-state index in [4.69, 9.17) is 4.74 Å². The lowest BCUT2D eigenvalue weighted by Gasteiger charge is -2.37. The van der Waals surface area contributed by atoms with Crippen molar-refractivity contribution < 1.29 is 9.53 Å². The number of amides is 1. The SMILES string of the molecule is CCCC1(C(=O)N(CCOC)C2CCSC2)CCCN1. The topological polar surface area (TPSA) is 41.6 Å². The molecule has 2 saturated heterocycles. The Hall–Kier alpha value is -0.260. The van der Waals surface area contributed by atoms with Gasteiger partial charge in [0, 0.05) is 25.4 Å². The molecule has 5 heteroatoms. The van der Waals surface area contributed by atoms with Gasteiger partial charge in [-0.25, -0.2) is 0 Å². The molecule has 20 heavy (non-hydrogen) atoms. The van der Waals surface area contributed by atoms with Crippen LogP contribution >= 0.6 is 11.8 Å². The molecule has 2 unspecified atom stereocenters. The van der Waals surface area contributed by atoms with Crippen LogP contribution < -0.4 is 5.32 Å². The van der Waals surface area contributed by atoms with Crippen molar-refractivity contribution in [2.45, 2.75) is 50.6 Å². The summed E-state index contributed by atoms with van der Waals surface area (Å²) in [5.74, 6) is 2.58. The first-order valence-corrected chi connectivity index (χ1v) is 9.02. The number of nitrogens with one attached hydrogen (secondary N) is 1. The Morgan fingerprint density at radius 1 is 1.55 bits per heavy atom. The zero-order chi connectivity index (χ0) is 14.4. The van der Waals surface area contributed by atoms with Crippen LogP contribution in [0.15, 0.2) is 0 Å². The third-order valence-corrected chi connectivity index (χ3v) is 5.62. The molecule has 2 rings (SSSR count). The van der Waals surface area contributed by atoms with Gasteiger partial charge in [-0.05, 0) is 38.0 Å². The van der Waals surface area contributed by atoms with E-state index in [0.717, 1.165) is 50.9 Å². The van der Waals surface area contributed by atoms with Gasteiger partial charge in [-0.2, -0.15) is 11.8 Å². The molecular weight excluding hydrogens is 272 g/mol. The maximum Gasteiger partial charge on any atom is 0.243 e. The van der Waals surface area contributed by atoms with Gasteiger partial charge in [-0.1, -0.05) is 13.3 Å². The van der Waals surface area contributed by atoms with Crippen LogP contribution in [0.5, 0.6) is 0 Å². The molecule has 2 atom stereocenters. The van der Waals surface area contributed by atoms with E-state index < -0.39 is 0 Å². The Balaban J connectivity index is 2.10. The zero-order valence-corrected chi connectivity index (χ0v) is 13.6. The summed E-state index contributed by atoms with van der Waals surface area (Å²) in [6.45, 7) is 4.51. The molecule has 0 bridgehead atoms. The number of ether oxygens (including phenoxy) is 1. The van der Waals surface area contributed by atoms with E-state index >= 15 is 0 Å². The second-order valence-electron chi connectivity index (χ2n) is 5.87. The highest BCUT2D eigenvalue weighted by Crippen LogP contribution is 2.30. The van der Waals surface area contributed by atoms with Crippen LogP contribution in [0.2, 0.25) is 0 Å². The van der Waals surface area contributed by atoms with Gasteiger partial charge in [0.15, 0.2) is 0 Å². The molecule has 2 aliphatic heterocycles. The number of carbonyl (C=O) groups excluding carboxylic acids is 1. The molecule has 0 radical (unpaired) electrons. The van der Waals surface area contributed by atoms with Crippen molar-refractivity contribution in [3.63, 3.8) is 0 Å². The third-order valence-electron chi connectivity index (χ3n) is 4.47. The highest BCUT2D eigenvalue weighted by molar-refractivity contribution is 7.99. The third kappa shape index (κ3) is 3.49. The Morgan fingerprint density at radius 3 is 2.95 bits per heavy atom. The van der Waals surface area contributed by atoms with E-state index in [9.17, 15) is 4.79 Å². The first-order chi connectivity index (χ1) is 9.73. The van der Waals surface area contributed by atoms with Crippen LogP contribution in [0, 0.1) is 0 Å². The highest BCUT2D eigenvalue weighted by Gasteiger charge is 2.44. The van der Waals surface area contributed by atoms with E-state index in [1.807, 2.05) is 11.8 Å². The lowest BCUT2D eigenvalue weighted by molar-refractivity contribution is -0.141. The van der Waals surface area contributed by atoms with Crippen LogP contribution in [0.3, 0.4) is 0 Å². The molecule has 1 N–H and O–H groups in total. The van der Waals surface area contributed by atoms with E-state index in [0.29, 0.717) is 18.6 Å². The van der Waals surface area contributed by atoms with Crippen LogP contribution in [-0.2, 0) is 9.53 Å². The average molecular weight is 300 g/mol. The van der Waals surface area contributed by atoms with Crippen molar-refractivity contribution in [3.8, 4) is 0 Å². The van der Waals surface area contributed by atoms with Gasteiger partial charge in [0.2, 0.25) is 5.91 Å². The molecule has 0 aliphatic carbocycles. The van der Waals surface area contributed by atoms with Gasteiger partial charge in [-0.3, -0.25) is 4.79 Å². The summed E-state index contributed by atoms with van der Waals surface area (Å²) in [4.78, 5) is 15.3. The van der Waals surface area contributed by atoms with Crippen LogP contribution in [0.1, 0.15) is 39.0 Å². The van der Waals surface area contributed by atoms with Gasteiger partial charge < -0.3 is 15.0 Å². The molecule has 0 aromatic heterocycles. The Labute approximate surface area is 127 Å². The summed E-state index contributed by atoms with van der Waals surface area (Å²) in [5, 5.41) is 3.51. The molecule has 0 aromatic carbocycles. The number of hydrogen-bond donors (Lipinski definition) is 1. The van der Waals surface area contributed by atoms with E-state index in [1.54, 1.807) is 7.11 Å². The predicted octanol–water partition coefficient (Wildman–Crippen LogP) is 1.89. The van der Waals surface area contributed by atoms with Crippen molar-refractivity contribution >= 4 is 17.7 Å². The van der Waals surface area contributed by atoms with E-state index in [2.05, 4.69) is 17.1 Å². The maximum absolute atomic E-state index is 13.1. The second-order valence-corrected chi connectivity index (χ2v) is 7.02. The smallest absolute Gasteiger partial charge is 0.243 e. The Kier molecular flexibility index (Phi) is 6.18. The van der Waals surface area contributed by atoms with E-state index in [-0.39, 0.29) is 5.54 Å². The summed E-state index contributed by atoms with van der Waals surface area (Å²) in [6, 6.07) is 0.402. The molecule has 2 fully saturated rings. The summed E-state index contributed by atoms with van der Waals surface area (Å²) < 4.78 is 5.22. The fraction of sp³-hybridized carbons (Fsp3) is 0.933. The van der Waals surface area contributed by atoms with Crippen molar-refractivity contribution in [1.82, 2.24) is 10.2 Å². The number of carbonyl (C=O) groups is 1. The summed E-state index contributed by atoms with van der Waals surface area (Å²) in [6.07, 6.45) is 5.24. The first-order valence-electron chi connectivity index (χ1n) is 7.86. The standard InChI is InChI=1S/C15H28N2O2S/c1-3-6-15(7-4-8-16-15)14(18)17(9-10-19-2)13-5-11-20-12-13/h13,16H,3-12H2,1-2H3. The van der Waals surface area contributed by atoms with Crippen molar-refractivity contribution in [2.75, 3.05) is 38.3 Å². The number of thioether (sulfide) groups is 1. The number of rotatable bonds is 7. The van der Waals surface area contributed by atoms with Crippen molar-refractivity contribution in [2.24, 2.45) is 0 Å². The fourth-order valence-electron chi connectivity index (χ4n) is 3.42. The first kappa shape index (κ1) is 16.1. The quantitative estimate of drug-likeness (QED) is 0.779. The van der Waals surface area contributed by atoms with Gasteiger partial charge in [0.05, 0.1) is 12.1 Å². The molecule has 0 aromatic rings. The largest absolute Gasteiger partial charge is 0.383 e. The van der Waals surface area contributed by atoms with Gasteiger partial charge in [0.25, 0.3) is 0 Å². The maximum atomic E-state index is 13.1. The molecule has 0 spiro atoms. The minimum absolute atomic E-state index is 0.296. The Bertz CT molecular complexity index is 313. The molecule has 0 saturated carbocycles.